The summed E-state index contributed by atoms with van der Waals surface area (Å²) in [7, 11) is 0. The molecule has 0 fully saturated rings. The lowest BCUT2D eigenvalue weighted by atomic mass is 10.0. The fourth-order valence-corrected chi connectivity index (χ4v) is 1.54. The average Bonchev–Trinajstić information content (AvgIpc) is 2.15. The molecule has 13 heavy (non-hydrogen) atoms. The highest BCUT2D eigenvalue weighted by atomic mass is 14.9. The Hall–Kier alpha value is -0.820. The lowest BCUT2D eigenvalue weighted by molar-refractivity contribution is 0.568. The molecule has 0 unspecified atom stereocenters. The van der Waals surface area contributed by atoms with Gasteiger partial charge >= 0.3 is 0 Å². The fraction of sp³-hybridized carbons (Fsp3) is 0.500. The van der Waals surface area contributed by atoms with Gasteiger partial charge in [-0.15, -0.1) is 0 Å². The predicted octanol–water partition coefficient (Wildman–Crippen LogP) is 3.06. The first-order chi connectivity index (χ1) is 6.25. The monoisotopic (exact) mass is 177 g/mol. The summed E-state index contributed by atoms with van der Waals surface area (Å²) in [5, 5.41) is 3.49. The molecule has 0 aliphatic heterocycles. The van der Waals surface area contributed by atoms with E-state index in [0.29, 0.717) is 6.04 Å². The summed E-state index contributed by atoms with van der Waals surface area (Å²) in [4.78, 5) is 0. The summed E-state index contributed by atoms with van der Waals surface area (Å²) in [6.07, 6.45) is 1.19. The largest absolute Gasteiger partial charge is 0.310 e. The van der Waals surface area contributed by atoms with Gasteiger partial charge in [0.25, 0.3) is 0 Å². The predicted molar refractivity (Wildman–Crippen MR) is 57.9 cm³/mol. The molecule has 1 atom stereocenters. The number of aryl methyl sites for hydroxylation is 1. The van der Waals surface area contributed by atoms with Gasteiger partial charge in [0, 0.05) is 6.04 Å². The van der Waals surface area contributed by atoms with E-state index in [1.165, 1.54) is 17.5 Å². The van der Waals surface area contributed by atoms with Crippen molar-refractivity contribution in [3.05, 3.63) is 35.4 Å². The first-order valence-corrected chi connectivity index (χ1v) is 5.04. The van der Waals surface area contributed by atoms with Gasteiger partial charge in [0.15, 0.2) is 0 Å². The fourth-order valence-electron chi connectivity index (χ4n) is 1.54. The molecule has 0 heterocycles. The van der Waals surface area contributed by atoms with Crippen LogP contribution in [0.2, 0.25) is 0 Å². The van der Waals surface area contributed by atoms with E-state index in [1.807, 2.05) is 0 Å². The Morgan fingerprint density at radius 1 is 1.31 bits per heavy atom. The Balaban J connectivity index is 2.65. The van der Waals surface area contributed by atoms with Crippen LogP contribution in [0.5, 0.6) is 0 Å². The third-order valence-corrected chi connectivity index (χ3v) is 2.36. The van der Waals surface area contributed by atoms with E-state index in [-0.39, 0.29) is 0 Å². The zero-order valence-electron chi connectivity index (χ0n) is 8.80. The van der Waals surface area contributed by atoms with E-state index in [1.54, 1.807) is 0 Å². The SMILES string of the molecule is CCCN[C@H](C)c1ccccc1C. The third kappa shape index (κ3) is 2.85. The van der Waals surface area contributed by atoms with Crippen molar-refractivity contribution in [3.8, 4) is 0 Å². The second-order valence-electron chi connectivity index (χ2n) is 3.53. The molecule has 0 radical (unpaired) electrons. The van der Waals surface area contributed by atoms with Crippen molar-refractivity contribution in [2.45, 2.75) is 33.2 Å². The molecule has 0 saturated heterocycles. The Kier molecular flexibility index (Phi) is 3.97. The maximum absolute atomic E-state index is 3.49. The van der Waals surface area contributed by atoms with Crippen molar-refractivity contribution in [3.63, 3.8) is 0 Å². The van der Waals surface area contributed by atoms with Crippen molar-refractivity contribution in [1.29, 1.82) is 0 Å². The van der Waals surface area contributed by atoms with Gasteiger partial charge in [-0.2, -0.15) is 0 Å². The molecule has 0 bridgehead atoms. The second kappa shape index (κ2) is 5.03. The highest BCUT2D eigenvalue weighted by Crippen LogP contribution is 2.16. The molecule has 1 N–H and O–H groups in total. The van der Waals surface area contributed by atoms with Crippen LogP contribution in [0.15, 0.2) is 24.3 Å². The molecule has 0 aromatic heterocycles. The zero-order valence-corrected chi connectivity index (χ0v) is 8.80. The molecule has 72 valence electrons. The summed E-state index contributed by atoms with van der Waals surface area (Å²) in [6.45, 7) is 7.67. The van der Waals surface area contributed by atoms with Crippen LogP contribution in [-0.4, -0.2) is 6.54 Å². The molecule has 1 heteroatoms. The lowest BCUT2D eigenvalue weighted by Crippen LogP contribution is -2.19. The Bertz CT molecular complexity index is 255. The minimum absolute atomic E-state index is 0.473. The van der Waals surface area contributed by atoms with Crippen LogP contribution < -0.4 is 5.32 Å². The minimum atomic E-state index is 0.473. The van der Waals surface area contributed by atoms with E-state index in [9.17, 15) is 0 Å². The molecule has 1 aromatic carbocycles. The van der Waals surface area contributed by atoms with Gasteiger partial charge in [0.2, 0.25) is 0 Å². The number of benzene rings is 1. The molecule has 0 amide bonds. The van der Waals surface area contributed by atoms with Crippen LogP contribution >= 0.6 is 0 Å². The third-order valence-electron chi connectivity index (χ3n) is 2.36. The van der Waals surface area contributed by atoms with E-state index in [0.717, 1.165) is 6.54 Å². The second-order valence-corrected chi connectivity index (χ2v) is 3.53. The van der Waals surface area contributed by atoms with Crippen LogP contribution in [0.1, 0.15) is 37.4 Å². The van der Waals surface area contributed by atoms with Crippen LogP contribution in [-0.2, 0) is 0 Å². The average molecular weight is 177 g/mol. The quantitative estimate of drug-likeness (QED) is 0.745. The number of hydrogen-bond donors (Lipinski definition) is 1. The van der Waals surface area contributed by atoms with E-state index in [2.05, 4.69) is 50.4 Å². The Labute approximate surface area is 81.2 Å². The smallest absolute Gasteiger partial charge is 0.0294 e. The zero-order chi connectivity index (χ0) is 9.68. The maximum Gasteiger partial charge on any atom is 0.0294 e. The normalized spacial score (nSPS) is 12.8. The maximum atomic E-state index is 3.49. The van der Waals surface area contributed by atoms with Gasteiger partial charge < -0.3 is 5.32 Å². The molecule has 0 spiro atoms. The van der Waals surface area contributed by atoms with Gasteiger partial charge in [0.1, 0.15) is 0 Å². The van der Waals surface area contributed by atoms with Gasteiger partial charge in [-0.1, -0.05) is 31.2 Å². The van der Waals surface area contributed by atoms with E-state index in [4.69, 9.17) is 0 Å². The summed E-state index contributed by atoms with van der Waals surface area (Å²) in [6, 6.07) is 9.03. The summed E-state index contributed by atoms with van der Waals surface area (Å²) >= 11 is 0. The molecule has 1 aromatic rings. The number of nitrogens with one attached hydrogen (secondary N) is 1. The Morgan fingerprint density at radius 3 is 2.62 bits per heavy atom. The van der Waals surface area contributed by atoms with Crippen molar-refractivity contribution < 1.29 is 0 Å². The minimum Gasteiger partial charge on any atom is -0.310 e. The first kappa shape index (κ1) is 10.3. The molecule has 0 aliphatic carbocycles. The highest BCUT2D eigenvalue weighted by molar-refractivity contribution is 5.28. The van der Waals surface area contributed by atoms with Crippen molar-refractivity contribution in [2.75, 3.05) is 6.54 Å². The van der Waals surface area contributed by atoms with Gasteiger partial charge in [-0.3, -0.25) is 0 Å². The number of hydrogen-bond acceptors (Lipinski definition) is 1. The van der Waals surface area contributed by atoms with Gasteiger partial charge in [-0.05, 0) is 37.9 Å². The van der Waals surface area contributed by atoms with Gasteiger partial charge in [-0.25, -0.2) is 0 Å². The van der Waals surface area contributed by atoms with Crippen molar-refractivity contribution in [1.82, 2.24) is 5.32 Å². The molecule has 0 saturated carbocycles. The Morgan fingerprint density at radius 2 is 2.00 bits per heavy atom. The van der Waals surface area contributed by atoms with Crippen LogP contribution in [0.3, 0.4) is 0 Å². The summed E-state index contributed by atoms with van der Waals surface area (Å²) < 4.78 is 0. The molecule has 1 nitrogen and oxygen atoms in total. The van der Waals surface area contributed by atoms with Crippen LogP contribution in [0.25, 0.3) is 0 Å². The summed E-state index contributed by atoms with van der Waals surface area (Å²) in [5.74, 6) is 0. The van der Waals surface area contributed by atoms with Crippen LogP contribution in [0.4, 0.5) is 0 Å². The highest BCUT2D eigenvalue weighted by Gasteiger charge is 2.05. The van der Waals surface area contributed by atoms with Crippen molar-refractivity contribution >= 4 is 0 Å². The van der Waals surface area contributed by atoms with Crippen LogP contribution in [0, 0.1) is 6.92 Å². The van der Waals surface area contributed by atoms with E-state index < -0.39 is 0 Å². The first-order valence-electron chi connectivity index (χ1n) is 5.04. The summed E-state index contributed by atoms with van der Waals surface area (Å²) in [5.41, 5.74) is 2.79. The van der Waals surface area contributed by atoms with E-state index >= 15 is 0 Å². The lowest BCUT2D eigenvalue weighted by Gasteiger charge is -2.15. The van der Waals surface area contributed by atoms with Gasteiger partial charge in [0.05, 0.1) is 0 Å². The molecule has 0 aliphatic rings. The molecular formula is C12H19N. The number of rotatable bonds is 4. The van der Waals surface area contributed by atoms with Crippen molar-refractivity contribution in [2.24, 2.45) is 0 Å². The standard InChI is InChI=1S/C12H19N/c1-4-9-13-11(3)12-8-6-5-7-10(12)2/h5-8,11,13H,4,9H2,1-3H3/t11-/m1/s1. The molecular weight excluding hydrogens is 158 g/mol. The topological polar surface area (TPSA) is 12.0 Å². The molecule has 1 rings (SSSR count).